The smallest absolute Gasteiger partial charge is 0.232 e. The lowest BCUT2D eigenvalue weighted by molar-refractivity contribution is -0.129. The Labute approximate surface area is 169 Å². The summed E-state index contributed by atoms with van der Waals surface area (Å²) in [5.74, 6) is -2.13. The van der Waals surface area contributed by atoms with Gasteiger partial charge in [-0.2, -0.15) is 0 Å². The summed E-state index contributed by atoms with van der Waals surface area (Å²) >= 11 is 1.79. The number of carbonyl (C=O) groups excluding carboxylic acids is 1. The maximum Gasteiger partial charge on any atom is 0.232 e. The molecule has 7 heteroatoms. The molecular weight excluding hydrogens is 385 g/mol. The number of nitrogens with two attached hydrogens (primary N) is 1. The molecule has 0 spiro atoms. The van der Waals surface area contributed by atoms with E-state index in [2.05, 4.69) is 0 Å². The second kappa shape index (κ2) is 10.0. The molecule has 3 nitrogen and oxygen atoms in total. The largest absolute Gasteiger partial charge is 0.342 e. The fourth-order valence-electron chi connectivity index (χ4n) is 4.23. The molecular formula is C21H29F3N2OS. The van der Waals surface area contributed by atoms with Crippen LogP contribution in [0.2, 0.25) is 0 Å². The van der Waals surface area contributed by atoms with Gasteiger partial charge >= 0.3 is 0 Å². The molecule has 1 aliphatic heterocycles. The van der Waals surface area contributed by atoms with Crippen LogP contribution >= 0.6 is 11.8 Å². The number of hydrogen-bond acceptors (Lipinski definition) is 3. The average Bonchev–Trinajstić information content (AvgIpc) is 2.71. The van der Waals surface area contributed by atoms with E-state index >= 15 is 0 Å². The van der Waals surface area contributed by atoms with Crippen LogP contribution in [-0.2, 0) is 11.2 Å². The molecule has 0 bridgehead atoms. The highest BCUT2D eigenvalue weighted by atomic mass is 32.2. The lowest BCUT2D eigenvalue weighted by Crippen LogP contribution is -2.44. The van der Waals surface area contributed by atoms with Gasteiger partial charge in [0.2, 0.25) is 5.91 Å². The molecule has 28 heavy (non-hydrogen) atoms. The average molecular weight is 415 g/mol. The second-order valence-corrected chi connectivity index (χ2v) is 9.30. The highest BCUT2D eigenvalue weighted by Crippen LogP contribution is 2.29. The highest BCUT2D eigenvalue weighted by molar-refractivity contribution is 8.00. The van der Waals surface area contributed by atoms with E-state index in [-0.39, 0.29) is 29.9 Å². The third kappa shape index (κ3) is 5.66. The first-order valence-electron chi connectivity index (χ1n) is 10.2. The summed E-state index contributed by atoms with van der Waals surface area (Å²) in [7, 11) is 0. The third-order valence-corrected chi connectivity index (χ3v) is 7.39. The van der Waals surface area contributed by atoms with Crippen molar-refractivity contribution in [2.24, 2.45) is 11.7 Å². The van der Waals surface area contributed by atoms with Gasteiger partial charge in [-0.15, -0.1) is 11.8 Å². The Kier molecular flexibility index (Phi) is 7.69. The number of thioether (sulfide) groups is 1. The predicted molar refractivity (Wildman–Crippen MR) is 107 cm³/mol. The Morgan fingerprint density at radius 1 is 1.04 bits per heavy atom. The lowest BCUT2D eigenvalue weighted by atomic mass is 9.86. The highest BCUT2D eigenvalue weighted by Gasteiger charge is 2.28. The van der Waals surface area contributed by atoms with E-state index in [9.17, 15) is 18.0 Å². The van der Waals surface area contributed by atoms with Crippen molar-refractivity contribution in [3.63, 3.8) is 0 Å². The minimum absolute atomic E-state index is 0.105. The number of carbonyl (C=O) groups is 1. The molecule has 2 N–H and O–H groups in total. The molecule has 1 unspecified atom stereocenters. The number of benzene rings is 1. The van der Waals surface area contributed by atoms with Crippen LogP contribution < -0.4 is 5.73 Å². The van der Waals surface area contributed by atoms with Gasteiger partial charge in [-0.3, -0.25) is 4.79 Å². The van der Waals surface area contributed by atoms with Crippen molar-refractivity contribution in [3.8, 4) is 0 Å². The van der Waals surface area contributed by atoms with Crippen molar-refractivity contribution in [2.75, 3.05) is 18.8 Å². The van der Waals surface area contributed by atoms with Crippen molar-refractivity contribution in [1.82, 2.24) is 4.90 Å². The normalized spacial score (nSPS) is 20.4. The molecule has 0 aromatic heterocycles. The quantitative estimate of drug-likeness (QED) is 0.707. The molecule has 2 fully saturated rings. The van der Waals surface area contributed by atoms with Gasteiger partial charge in [0.05, 0.1) is 5.75 Å². The van der Waals surface area contributed by atoms with Gasteiger partial charge in [0.1, 0.15) is 5.82 Å². The number of amides is 1. The van der Waals surface area contributed by atoms with E-state index in [1.54, 1.807) is 11.8 Å². The SMILES string of the molecule is NC(Cc1cc(F)c(F)cc1F)C1CCN(C(=O)CSC2CCCCC2)CC1. The van der Waals surface area contributed by atoms with Gasteiger partial charge in [-0.1, -0.05) is 19.3 Å². The first kappa shape index (κ1) is 21.5. The van der Waals surface area contributed by atoms with Crippen molar-refractivity contribution in [2.45, 2.75) is 62.7 Å². The summed E-state index contributed by atoms with van der Waals surface area (Å²) in [6.07, 6.45) is 7.97. The number of hydrogen-bond donors (Lipinski definition) is 1. The van der Waals surface area contributed by atoms with Crippen molar-refractivity contribution in [1.29, 1.82) is 0 Å². The topological polar surface area (TPSA) is 46.3 Å². The molecule has 1 saturated carbocycles. The molecule has 156 valence electrons. The minimum Gasteiger partial charge on any atom is -0.342 e. The Bertz CT molecular complexity index is 674. The van der Waals surface area contributed by atoms with Crippen LogP contribution in [0, 0.1) is 23.4 Å². The van der Waals surface area contributed by atoms with Crippen LogP contribution in [-0.4, -0.2) is 40.9 Å². The summed E-state index contributed by atoms with van der Waals surface area (Å²) in [6, 6.07) is 1.13. The first-order chi connectivity index (χ1) is 13.4. The van der Waals surface area contributed by atoms with Crippen LogP contribution in [0.3, 0.4) is 0 Å². The number of nitrogens with zero attached hydrogens (tertiary/aromatic N) is 1. The molecule has 0 radical (unpaired) electrons. The van der Waals surface area contributed by atoms with Gasteiger partial charge in [-0.25, -0.2) is 13.2 Å². The zero-order valence-corrected chi connectivity index (χ0v) is 17.0. The maximum atomic E-state index is 13.8. The van der Waals surface area contributed by atoms with Crippen LogP contribution in [0.1, 0.15) is 50.5 Å². The Hall–Kier alpha value is -1.21. The summed E-state index contributed by atoms with van der Waals surface area (Å²) in [6.45, 7) is 1.31. The lowest BCUT2D eigenvalue weighted by Gasteiger charge is -2.35. The van der Waals surface area contributed by atoms with Gasteiger partial charge in [-0.05, 0) is 49.7 Å². The number of rotatable bonds is 6. The maximum absolute atomic E-state index is 13.8. The van der Waals surface area contributed by atoms with E-state index < -0.39 is 17.5 Å². The Morgan fingerprint density at radius 3 is 2.36 bits per heavy atom. The van der Waals surface area contributed by atoms with Gasteiger partial charge < -0.3 is 10.6 Å². The molecule has 1 aromatic rings. The number of piperidine rings is 1. The standard InChI is InChI=1S/C21H29F3N2OS/c22-17-12-19(24)18(23)10-15(17)11-20(25)14-6-8-26(9-7-14)21(27)13-28-16-4-2-1-3-5-16/h10,12,14,16,20H,1-9,11,13,25H2. The fourth-order valence-corrected chi connectivity index (χ4v) is 5.46. The molecule has 1 amide bonds. The van der Waals surface area contributed by atoms with E-state index in [1.807, 2.05) is 4.90 Å². The molecule has 1 aromatic carbocycles. The minimum atomic E-state index is -1.19. The van der Waals surface area contributed by atoms with E-state index in [4.69, 9.17) is 5.73 Å². The zero-order valence-electron chi connectivity index (χ0n) is 16.1. The summed E-state index contributed by atoms with van der Waals surface area (Å²) in [5, 5.41) is 0.620. The summed E-state index contributed by atoms with van der Waals surface area (Å²) < 4.78 is 40.3. The van der Waals surface area contributed by atoms with Crippen LogP contribution in [0.25, 0.3) is 0 Å². The van der Waals surface area contributed by atoms with E-state index in [1.165, 1.54) is 32.1 Å². The Morgan fingerprint density at radius 2 is 1.68 bits per heavy atom. The summed E-state index contributed by atoms with van der Waals surface area (Å²) in [5.41, 5.74) is 6.33. The zero-order chi connectivity index (χ0) is 20.1. The second-order valence-electron chi connectivity index (χ2n) is 8.01. The van der Waals surface area contributed by atoms with Crippen LogP contribution in [0.5, 0.6) is 0 Å². The van der Waals surface area contributed by atoms with E-state index in [0.717, 1.165) is 18.9 Å². The van der Waals surface area contributed by atoms with Gasteiger partial charge in [0.25, 0.3) is 0 Å². The molecule has 3 rings (SSSR count). The molecule has 1 heterocycles. The van der Waals surface area contributed by atoms with E-state index in [0.29, 0.717) is 30.2 Å². The van der Waals surface area contributed by atoms with Crippen molar-refractivity contribution >= 4 is 17.7 Å². The number of halogens is 3. The fraction of sp³-hybridized carbons (Fsp3) is 0.667. The molecule has 1 aliphatic carbocycles. The first-order valence-corrected chi connectivity index (χ1v) is 11.3. The van der Waals surface area contributed by atoms with Gasteiger partial charge in [0.15, 0.2) is 11.6 Å². The third-order valence-electron chi connectivity index (χ3n) is 6.04. The monoisotopic (exact) mass is 414 g/mol. The van der Waals surface area contributed by atoms with Crippen LogP contribution in [0.15, 0.2) is 12.1 Å². The van der Waals surface area contributed by atoms with Crippen molar-refractivity contribution in [3.05, 3.63) is 35.1 Å². The molecule has 1 saturated heterocycles. The molecule has 2 aliphatic rings. The summed E-state index contributed by atoms with van der Waals surface area (Å²) in [4.78, 5) is 14.4. The predicted octanol–water partition coefficient (Wildman–Crippen LogP) is 4.28. The molecule has 1 atom stereocenters. The Balaban J connectivity index is 1.44. The van der Waals surface area contributed by atoms with Gasteiger partial charge in [0, 0.05) is 30.4 Å². The van der Waals surface area contributed by atoms with Crippen molar-refractivity contribution < 1.29 is 18.0 Å². The van der Waals surface area contributed by atoms with Crippen LogP contribution in [0.4, 0.5) is 13.2 Å². The number of likely N-dealkylation sites (tertiary alicyclic amines) is 1.